The van der Waals surface area contributed by atoms with Crippen LogP contribution in [0.1, 0.15) is 33.6 Å². The molecular weight excluding hydrogens is 338 g/mol. The molecule has 5 nitrogen and oxygen atoms in total. The molecule has 0 radical (unpaired) electrons. The van der Waals surface area contributed by atoms with Crippen LogP contribution in [0.25, 0.3) is 0 Å². The predicted molar refractivity (Wildman–Crippen MR) is 96.6 cm³/mol. The van der Waals surface area contributed by atoms with Gasteiger partial charge in [0.05, 0.1) is 5.56 Å². The Balaban J connectivity index is 1.47. The van der Waals surface area contributed by atoms with Gasteiger partial charge in [-0.05, 0) is 49.1 Å². The summed E-state index contributed by atoms with van der Waals surface area (Å²) in [5.41, 5.74) is 1.19. The lowest BCUT2D eigenvalue weighted by atomic mass is 9.96. The number of halogens is 1. The van der Waals surface area contributed by atoms with Crippen LogP contribution in [0, 0.1) is 5.92 Å². The number of nitrogens with zero attached hydrogens (tertiary/aromatic N) is 2. The average molecular weight is 358 g/mol. The summed E-state index contributed by atoms with van der Waals surface area (Å²) in [4.78, 5) is 30.4. The van der Waals surface area contributed by atoms with Crippen LogP contribution in [-0.4, -0.2) is 41.3 Å². The number of benzene rings is 1. The van der Waals surface area contributed by atoms with Crippen LogP contribution in [-0.2, 0) is 0 Å². The first kappa shape index (κ1) is 17.4. The van der Waals surface area contributed by atoms with Crippen molar-refractivity contribution in [1.29, 1.82) is 0 Å². The third kappa shape index (κ3) is 4.57. The first-order valence-electron chi connectivity index (χ1n) is 8.36. The molecule has 1 aliphatic heterocycles. The van der Waals surface area contributed by atoms with E-state index in [2.05, 4.69) is 10.3 Å². The summed E-state index contributed by atoms with van der Waals surface area (Å²) in [7, 11) is 0. The van der Waals surface area contributed by atoms with E-state index in [1.807, 2.05) is 4.90 Å². The molecule has 1 N–H and O–H groups in total. The Morgan fingerprint density at radius 2 is 1.92 bits per heavy atom. The molecule has 0 unspecified atom stereocenters. The van der Waals surface area contributed by atoms with Crippen molar-refractivity contribution in [3.05, 3.63) is 64.9 Å². The number of nitrogens with one attached hydrogen (secondary N) is 1. The number of carbonyl (C=O) groups is 2. The zero-order chi connectivity index (χ0) is 17.6. The second-order valence-corrected chi connectivity index (χ2v) is 6.63. The van der Waals surface area contributed by atoms with Crippen molar-refractivity contribution in [2.45, 2.75) is 12.8 Å². The standard InChI is InChI=1S/C19H20ClN3O2/c20-17-5-1-3-15(11-17)19(25)23-9-6-14(7-10-23)12-22-18(24)16-4-2-8-21-13-16/h1-5,8,11,13-14H,6-7,9-10,12H2,(H,22,24). The van der Waals surface area contributed by atoms with Crippen molar-refractivity contribution in [3.8, 4) is 0 Å². The number of pyridine rings is 1. The Morgan fingerprint density at radius 3 is 2.60 bits per heavy atom. The summed E-state index contributed by atoms with van der Waals surface area (Å²) < 4.78 is 0. The van der Waals surface area contributed by atoms with Crippen molar-refractivity contribution in [1.82, 2.24) is 15.2 Å². The molecule has 0 saturated carbocycles. The maximum atomic E-state index is 12.5. The molecule has 1 saturated heterocycles. The highest BCUT2D eigenvalue weighted by Crippen LogP contribution is 2.20. The Bertz CT molecular complexity index is 743. The van der Waals surface area contributed by atoms with E-state index in [0.29, 0.717) is 41.7 Å². The normalized spacial score (nSPS) is 15.0. The third-order valence-corrected chi connectivity index (χ3v) is 4.68. The van der Waals surface area contributed by atoms with Gasteiger partial charge in [-0.15, -0.1) is 0 Å². The number of hydrogen-bond acceptors (Lipinski definition) is 3. The average Bonchev–Trinajstić information content (AvgIpc) is 2.66. The molecule has 6 heteroatoms. The van der Waals surface area contributed by atoms with Crippen LogP contribution in [0.2, 0.25) is 5.02 Å². The number of amides is 2. The summed E-state index contributed by atoms with van der Waals surface area (Å²) in [6.07, 6.45) is 4.95. The van der Waals surface area contributed by atoms with Gasteiger partial charge in [0.2, 0.25) is 0 Å². The molecule has 3 rings (SSSR count). The van der Waals surface area contributed by atoms with Crippen LogP contribution in [0.4, 0.5) is 0 Å². The van der Waals surface area contributed by atoms with Gasteiger partial charge in [-0.3, -0.25) is 14.6 Å². The van der Waals surface area contributed by atoms with Gasteiger partial charge in [-0.1, -0.05) is 17.7 Å². The lowest BCUT2D eigenvalue weighted by Crippen LogP contribution is -2.41. The van der Waals surface area contributed by atoms with E-state index in [1.54, 1.807) is 48.8 Å². The van der Waals surface area contributed by atoms with Gasteiger partial charge in [0.15, 0.2) is 0 Å². The Kier molecular flexibility index (Phi) is 5.66. The quantitative estimate of drug-likeness (QED) is 0.914. The Labute approximate surface area is 152 Å². The van der Waals surface area contributed by atoms with Gasteiger partial charge < -0.3 is 10.2 Å². The summed E-state index contributed by atoms with van der Waals surface area (Å²) in [6, 6.07) is 10.5. The molecule has 1 aromatic heterocycles. The van der Waals surface area contributed by atoms with Gasteiger partial charge in [0.1, 0.15) is 0 Å². The van der Waals surface area contributed by atoms with E-state index in [1.165, 1.54) is 0 Å². The highest BCUT2D eigenvalue weighted by atomic mass is 35.5. The number of hydrogen-bond donors (Lipinski definition) is 1. The highest BCUT2D eigenvalue weighted by molar-refractivity contribution is 6.30. The van der Waals surface area contributed by atoms with Crippen molar-refractivity contribution < 1.29 is 9.59 Å². The largest absolute Gasteiger partial charge is 0.352 e. The minimum Gasteiger partial charge on any atom is -0.352 e. The SMILES string of the molecule is O=C(NCC1CCN(C(=O)c2cccc(Cl)c2)CC1)c1cccnc1. The third-order valence-electron chi connectivity index (χ3n) is 4.45. The smallest absolute Gasteiger partial charge is 0.253 e. The number of piperidine rings is 1. The summed E-state index contributed by atoms with van der Waals surface area (Å²) in [6.45, 7) is 2.00. The molecular formula is C19H20ClN3O2. The van der Waals surface area contributed by atoms with Crippen LogP contribution >= 0.6 is 11.6 Å². The second kappa shape index (κ2) is 8.12. The van der Waals surface area contributed by atoms with Crippen molar-refractivity contribution in [2.75, 3.05) is 19.6 Å². The Morgan fingerprint density at radius 1 is 1.16 bits per heavy atom. The first-order valence-corrected chi connectivity index (χ1v) is 8.74. The Hall–Kier alpha value is -2.40. The summed E-state index contributed by atoms with van der Waals surface area (Å²) >= 11 is 5.96. The molecule has 2 amide bonds. The van der Waals surface area contributed by atoms with Crippen molar-refractivity contribution in [3.63, 3.8) is 0 Å². The summed E-state index contributed by atoms with van der Waals surface area (Å²) in [5.74, 6) is 0.287. The van der Waals surface area contributed by atoms with Crippen LogP contribution in [0.3, 0.4) is 0 Å². The van der Waals surface area contributed by atoms with Gasteiger partial charge in [0, 0.05) is 42.6 Å². The maximum absolute atomic E-state index is 12.5. The number of carbonyl (C=O) groups excluding carboxylic acids is 2. The molecule has 1 aromatic carbocycles. The molecule has 0 bridgehead atoms. The van der Waals surface area contributed by atoms with E-state index in [-0.39, 0.29) is 11.8 Å². The zero-order valence-corrected chi connectivity index (χ0v) is 14.6. The topological polar surface area (TPSA) is 62.3 Å². The monoisotopic (exact) mass is 357 g/mol. The predicted octanol–water partition coefficient (Wildman–Crippen LogP) is 3.02. The maximum Gasteiger partial charge on any atom is 0.253 e. The van der Waals surface area contributed by atoms with E-state index in [0.717, 1.165) is 12.8 Å². The van der Waals surface area contributed by atoms with Crippen molar-refractivity contribution in [2.24, 2.45) is 5.92 Å². The van der Waals surface area contributed by atoms with Crippen LogP contribution in [0.15, 0.2) is 48.8 Å². The minimum atomic E-state index is -0.106. The molecule has 2 aromatic rings. The molecule has 25 heavy (non-hydrogen) atoms. The number of aromatic nitrogens is 1. The van der Waals surface area contributed by atoms with Crippen LogP contribution in [0.5, 0.6) is 0 Å². The summed E-state index contributed by atoms with van der Waals surface area (Å²) in [5, 5.41) is 3.52. The fourth-order valence-corrected chi connectivity index (χ4v) is 3.17. The zero-order valence-electron chi connectivity index (χ0n) is 13.8. The number of rotatable bonds is 4. The molecule has 0 atom stereocenters. The fourth-order valence-electron chi connectivity index (χ4n) is 2.98. The van der Waals surface area contributed by atoms with E-state index in [9.17, 15) is 9.59 Å². The first-order chi connectivity index (χ1) is 12.1. The molecule has 2 heterocycles. The van der Waals surface area contributed by atoms with E-state index in [4.69, 9.17) is 11.6 Å². The van der Waals surface area contributed by atoms with E-state index < -0.39 is 0 Å². The lowest BCUT2D eigenvalue weighted by molar-refractivity contribution is 0.0684. The molecule has 0 aliphatic carbocycles. The molecule has 1 fully saturated rings. The van der Waals surface area contributed by atoms with Gasteiger partial charge in [0.25, 0.3) is 11.8 Å². The molecule has 0 spiro atoms. The van der Waals surface area contributed by atoms with Crippen molar-refractivity contribution >= 4 is 23.4 Å². The highest BCUT2D eigenvalue weighted by Gasteiger charge is 2.24. The molecule has 1 aliphatic rings. The van der Waals surface area contributed by atoms with E-state index >= 15 is 0 Å². The fraction of sp³-hybridized carbons (Fsp3) is 0.316. The minimum absolute atomic E-state index is 0.0142. The van der Waals surface area contributed by atoms with Gasteiger partial charge in [-0.2, -0.15) is 0 Å². The number of likely N-dealkylation sites (tertiary alicyclic amines) is 1. The second-order valence-electron chi connectivity index (χ2n) is 6.20. The molecule has 130 valence electrons. The van der Waals surface area contributed by atoms with Gasteiger partial charge in [-0.25, -0.2) is 0 Å². The lowest BCUT2D eigenvalue weighted by Gasteiger charge is -2.32. The van der Waals surface area contributed by atoms with Gasteiger partial charge >= 0.3 is 0 Å². The van der Waals surface area contributed by atoms with Crippen LogP contribution < -0.4 is 5.32 Å².